The van der Waals surface area contributed by atoms with Crippen molar-refractivity contribution in [3.63, 3.8) is 0 Å². The van der Waals surface area contributed by atoms with Crippen molar-refractivity contribution >= 4 is 40.6 Å². The van der Waals surface area contributed by atoms with Gasteiger partial charge in [-0.3, -0.25) is 9.59 Å². The molecule has 1 aliphatic heterocycles. The van der Waals surface area contributed by atoms with Crippen molar-refractivity contribution in [2.45, 2.75) is 12.8 Å². The van der Waals surface area contributed by atoms with E-state index in [0.717, 1.165) is 21.6 Å². The third kappa shape index (κ3) is 1.46. The topological polar surface area (TPSA) is 62.9 Å². The molecule has 1 aromatic heterocycles. The number of fused-ring (bicyclic) bond motifs is 3. The number of hydrogen-bond acceptors (Lipinski definition) is 4. The minimum atomic E-state index is -0.195. The lowest BCUT2D eigenvalue weighted by atomic mass is 9.85. The average molecular weight is 408 g/mol. The van der Waals surface area contributed by atoms with Gasteiger partial charge in [0.05, 0.1) is 18.1 Å². The van der Waals surface area contributed by atoms with E-state index in [-0.39, 0.29) is 40.9 Å². The predicted octanol–water partition coefficient (Wildman–Crippen LogP) is 2.42. The largest absolute Gasteiger partial charge is 0.449 e. The van der Waals surface area contributed by atoms with Crippen molar-refractivity contribution in [3.8, 4) is 0 Å². The molecule has 5 rings (SSSR count). The minimum absolute atomic E-state index is 0.143. The average Bonchev–Trinajstić information content (AvgIpc) is 2.87. The Bertz CT molecular complexity index is 727. The van der Waals surface area contributed by atoms with Gasteiger partial charge in [0.1, 0.15) is 5.76 Å². The lowest BCUT2D eigenvalue weighted by Gasteiger charge is -2.18. The van der Waals surface area contributed by atoms with Gasteiger partial charge in [-0.05, 0) is 64.8 Å². The molecule has 2 amide bonds. The fourth-order valence-electron chi connectivity index (χ4n) is 4.69. The molecule has 3 fully saturated rings. The molecule has 1 aromatic rings. The molecule has 4 aliphatic rings. The Hall–Kier alpha value is -1.44. The molecule has 0 radical (unpaired) electrons. The second-order valence-electron chi connectivity index (χ2n) is 6.60. The summed E-state index contributed by atoms with van der Waals surface area (Å²) in [5, 5.41) is 5.16. The first kappa shape index (κ1) is 13.0. The number of allylic oxidation sites excluding steroid dienone is 2. The number of carbonyl (C=O) groups excluding carboxylic acids is 2. The Balaban J connectivity index is 1.45. The van der Waals surface area contributed by atoms with Gasteiger partial charge in [0.2, 0.25) is 0 Å². The highest BCUT2D eigenvalue weighted by Gasteiger charge is 2.73. The van der Waals surface area contributed by atoms with E-state index in [2.05, 4.69) is 39.8 Å². The smallest absolute Gasteiger partial charge is 0.254 e. The van der Waals surface area contributed by atoms with Crippen LogP contribution in [0.4, 0.5) is 0 Å². The fraction of sp³-hybridized carbons (Fsp3) is 0.438. The summed E-state index contributed by atoms with van der Waals surface area (Å²) in [5.74, 6) is 0.346. The zero-order valence-corrected chi connectivity index (χ0v) is 13.8. The molecule has 2 saturated carbocycles. The van der Waals surface area contributed by atoms with Crippen LogP contribution >= 0.6 is 22.6 Å². The molecule has 4 atom stereocenters. The maximum atomic E-state index is 12.7. The zero-order chi connectivity index (χ0) is 15.1. The third-order valence-corrected chi connectivity index (χ3v) is 6.30. The number of hydrogen-bond donors (Lipinski definition) is 0. The molecule has 2 bridgehead atoms. The number of hydrazone groups is 1. The van der Waals surface area contributed by atoms with Crippen LogP contribution in [0.1, 0.15) is 18.6 Å². The van der Waals surface area contributed by atoms with Gasteiger partial charge >= 0.3 is 0 Å². The van der Waals surface area contributed by atoms with E-state index in [1.807, 2.05) is 6.07 Å². The van der Waals surface area contributed by atoms with Crippen molar-refractivity contribution in [2.24, 2.45) is 34.2 Å². The van der Waals surface area contributed by atoms with Crippen molar-refractivity contribution in [3.05, 3.63) is 33.8 Å². The van der Waals surface area contributed by atoms with E-state index < -0.39 is 0 Å². The summed E-state index contributed by atoms with van der Waals surface area (Å²) in [5.41, 5.74) is 0.230. The lowest BCUT2D eigenvalue weighted by Crippen LogP contribution is -2.30. The molecule has 2 heterocycles. The van der Waals surface area contributed by atoms with Crippen LogP contribution in [0, 0.1) is 32.9 Å². The number of halogens is 1. The van der Waals surface area contributed by atoms with Crippen molar-refractivity contribution in [1.82, 2.24) is 5.01 Å². The third-order valence-electron chi connectivity index (χ3n) is 5.72. The summed E-state index contributed by atoms with van der Waals surface area (Å²) < 4.78 is 6.12. The van der Waals surface area contributed by atoms with Crippen molar-refractivity contribution < 1.29 is 14.0 Å². The van der Waals surface area contributed by atoms with E-state index >= 15 is 0 Å². The number of rotatable bonds is 2. The molecule has 6 heteroatoms. The quantitative estimate of drug-likeness (QED) is 0.327. The van der Waals surface area contributed by atoms with Crippen LogP contribution in [0.3, 0.4) is 0 Å². The van der Waals surface area contributed by atoms with Crippen LogP contribution in [-0.2, 0) is 9.59 Å². The van der Waals surface area contributed by atoms with Gasteiger partial charge in [0.25, 0.3) is 11.8 Å². The second-order valence-corrected chi connectivity index (χ2v) is 7.66. The first-order valence-electron chi connectivity index (χ1n) is 7.47. The highest BCUT2D eigenvalue weighted by atomic mass is 127. The zero-order valence-electron chi connectivity index (χ0n) is 11.6. The predicted molar refractivity (Wildman–Crippen MR) is 85.6 cm³/mol. The van der Waals surface area contributed by atoms with Gasteiger partial charge in [0, 0.05) is 0 Å². The molecular weight excluding hydrogens is 395 g/mol. The Kier molecular flexibility index (Phi) is 2.43. The Morgan fingerprint density at radius 3 is 2.32 bits per heavy atom. The van der Waals surface area contributed by atoms with Gasteiger partial charge in [-0.25, -0.2) is 0 Å². The summed E-state index contributed by atoms with van der Waals surface area (Å²) in [4.78, 5) is 25.3. The monoisotopic (exact) mass is 408 g/mol. The first-order chi connectivity index (χ1) is 10.6. The van der Waals surface area contributed by atoms with Crippen molar-refractivity contribution in [1.29, 1.82) is 0 Å². The Morgan fingerprint density at radius 1 is 1.18 bits per heavy atom. The van der Waals surface area contributed by atoms with Gasteiger partial charge in [-0.1, -0.05) is 12.2 Å². The van der Waals surface area contributed by atoms with Crippen LogP contribution in [0.5, 0.6) is 0 Å². The summed E-state index contributed by atoms with van der Waals surface area (Å²) in [7, 11) is 0. The first-order valence-corrected chi connectivity index (χ1v) is 8.55. The SMILES string of the molecule is O=C1[C@@H]2[C@H](C(=O)N1/N=C\c1ccc(I)o1)[C@H]1C=C[C@H]2C12CC2. The summed E-state index contributed by atoms with van der Waals surface area (Å²) in [6.07, 6.45) is 8.06. The molecule has 1 spiro atoms. The van der Waals surface area contributed by atoms with Gasteiger partial charge in [-0.15, -0.1) is 0 Å². The standard InChI is InChI=1S/C16H13IN2O3/c17-11-4-1-8(22-11)7-18-19-14(20)12-9-2-3-10(13(12)15(19)21)16(9)5-6-16/h1-4,7,9-10,12-13H,5-6H2/b18-7-/t9-,10-,12-,13+/m1/s1. The summed E-state index contributed by atoms with van der Waals surface area (Å²) >= 11 is 2.06. The summed E-state index contributed by atoms with van der Waals surface area (Å²) in [6, 6.07) is 3.58. The van der Waals surface area contributed by atoms with E-state index in [4.69, 9.17) is 4.42 Å². The molecule has 3 aliphatic carbocycles. The molecule has 0 N–H and O–H groups in total. The van der Waals surface area contributed by atoms with Crippen LogP contribution < -0.4 is 0 Å². The van der Waals surface area contributed by atoms with E-state index in [1.54, 1.807) is 6.07 Å². The molecule has 0 unspecified atom stereocenters. The van der Waals surface area contributed by atoms with E-state index in [9.17, 15) is 9.59 Å². The van der Waals surface area contributed by atoms with Gasteiger partial charge in [0.15, 0.2) is 3.77 Å². The molecule has 22 heavy (non-hydrogen) atoms. The van der Waals surface area contributed by atoms with E-state index in [0.29, 0.717) is 5.76 Å². The second kappa shape index (κ2) is 4.10. The van der Waals surface area contributed by atoms with Crippen molar-refractivity contribution in [2.75, 3.05) is 0 Å². The Morgan fingerprint density at radius 2 is 1.82 bits per heavy atom. The van der Waals surface area contributed by atoms with E-state index in [1.165, 1.54) is 6.21 Å². The van der Waals surface area contributed by atoms with Crippen LogP contribution in [0.15, 0.2) is 33.8 Å². The lowest BCUT2D eigenvalue weighted by molar-refractivity contribution is -0.141. The number of imide groups is 1. The normalized spacial score (nSPS) is 37.0. The minimum Gasteiger partial charge on any atom is -0.449 e. The van der Waals surface area contributed by atoms with Crippen LogP contribution in [0.25, 0.3) is 0 Å². The van der Waals surface area contributed by atoms with Crippen LogP contribution in [-0.4, -0.2) is 23.0 Å². The highest BCUT2D eigenvalue weighted by Crippen LogP contribution is 2.73. The highest BCUT2D eigenvalue weighted by molar-refractivity contribution is 14.1. The molecular formula is C16H13IN2O3. The number of furan rings is 1. The fourth-order valence-corrected chi connectivity index (χ4v) is 5.12. The van der Waals surface area contributed by atoms with Gasteiger partial charge in [-0.2, -0.15) is 10.1 Å². The van der Waals surface area contributed by atoms with Crippen LogP contribution in [0.2, 0.25) is 0 Å². The molecule has 1 saturated heterocycles. The molecule has 0 aromatic carbocycles. The number of carbonyl (C=O) groups is 2. The summed E-state index contributed by atoms with van der Waals surface area (Å²) in [6.45, 7) is 0. The number of amides is 2. The van der Waals surface area contributed by atoms with Gasteiger partial charge < -0.3 is 4.42 Å². The number of nitrogens with zero attached hydrogens (tertiary/aromatic N) is 2. The maximum absolute atomic E-state index is 12.7. The molecule has 5 nitrogen and oxygen atoms in total. The molecule has 112 valence electrons. The Labute approximate surface area is 140 Å². The maximum Gasteiger partial charge on any atom is 0.254 e.